The molecule has 0 N–H and O–H groups in total. The lowest BCUT2D eigenvalue weighted by atomic mass is 10.1. The summed E-state index contributed by atoms with van der Waals surface area (Å²) in [5.74, 6) is 1.51. The number of anilines is 1. The van der Waals surface area contributed by atoms with E-state index in [9.17, 15) is 4.79 Å². The molecular formula is C30H40N2O5. The highest BCUT2D eigenvalue weighted by atomic mass is 16.5. The van der Waals surface area contributed by atoms with Crippen LogP contribution >= 0.6 is 0 Å². The van der Waals surface area contributed by atoms with E-state index < -0.39 is 0 Å². The van der Waals surface area contributed by atoms with Gasteiger partial charge in [-0.15, -0.1) is 0 Å². The van der Waals surface area contributed by atoms with E-state index in [1.54, 1.807) is 7.11 Å². The van der Waals surface area contributed by atoms with Gasteiger partial charge in [-0.2, -0.15) is 0 Å². The van der Waals surface area contributed by atoms with E-state index in [0.29, 0.717) is 18.9 Å². The quantitative estimate of drug-likeness (QED) is 0.472. The summed E-state index contributed by atoms with van der Waals surface area (Å²) < 4.78 is 23.0. The largest absolute Gasteiger partial charge is 0.493 e. The fourth-order valence-electron chi connectivity index (χ4n) is 5.63. The molecule has 2 aromatic carbocycles. The average molecular weight is 509 g/mol. The maximum absolute atomic E-state index is 13.7. The Hall–Kier alpha value is -2.77. The molecule has 0 radical (unpaired) electrons. The minimum atomic E-state index is 0.0918. The SMILES string of the molecule is COc1cc(CN(C(=O)c2ccc(N3CCOCC3)cc2)C2CCCC2)ccc1OCC1CCCCO1. The highest BCUT2D eigenvalue weighted by Gasteiger charge is 2.28. The minimum absolute atomic E-state index is 0.0918. The molecule has 1 atom stereocenters. The summed E-state index contributed by atoms with van der Waals surface area (Å²) in [6.45, 7) is 5.16. The summed E-state index contributed by atoms with van der Waals surface area (Å²) in [7, 11) is 1.67. The third-order valence-electron chi connectivity index (χ3n) is 7.80. The number of hydrogen-bond acceptors (Lipinski definition) is 6. The van der Waals surface area contributed by atoms with Crippen LogP contribution in [-0.2, 0) is 16.0 Å². The number of carbonyl (C=O) groups is 1. The molecule has 0 bridgehead atoms. The Labute approximate surface area is 220 Å². The first-order chi connectivity index (χ1) is 18.2. The number of ether oxygens (including phenoxy) is 4. The number of rotatable bonds is 9. The van der Waals surface area contributed by atoms with E-state index in [1.807, 2.05) is 24.3 Å². The van der Waals surface area contributed by atoms with Crippen LogP contribution in [-0.4, -0.2) is 69.6 Å². The van der Waals surface area contributed by atoms with E-state index in [2.05, 4.69) is 28.0 Å². The van der Waals surface area contributed by atoms with Crippen molar-refractivity contribution in [3.8, 4) is 11.5 Å². The molecule has 7 nitrogen and oxygen atoms in total. The Morgan fingerprint density at radius 3 is 2.41 bits per heavy atom. The number of benzene rings is 2. The van der Waals surface area contributed by atoms with Crippen molar-refractivity contribution in [3.63, 3.8) is 0 Å². The van der Waals surface area contributed by atoms with Gasteiger partial charge in [-0.05, 0) is 74.1 Å². The lowest BCUT2D eigenvalue weighted by molar-refractivity contribution is -0.0114. The van der Waals surface area contributed by atoms with Crippen molar-refractivity contribution in [3.05, 3.63) is 53.6 Å². The number of morpholine rings is 1. The molecule has 1 saturated carbocycles. The van der Waals surface area contributed by atoms with E-state index in [4.69, 9.17) is 18.9 Å². The zero-order valence-electron chi connectivity index (χ0n) is 22.0. The summed E-state index contributed by atoms with van der Waals surface area (Å²) in [6.07, 6.45) is 7.94. The van der Waals surface area contributed by atoms with Gasteiger partial charge in [0.05, 0.1) is 26.4 Å². The first-order valence-corrected chi connectivity index (χ1v) is 13.9. The molecule has 0 spiro atoms. The smallest absolute Gasteiger partial charge is 0.254 e. The third-order valence-corrected chi connectivity index (χ3v) is 7.80. The second-order valence-corrected chi connectivity index (χ2v) is 10.3. The van der Waals surface area contributed by atoms with Gasteiger partial charge in [0.15, 0.2) is 11.5 Å². The lowest BCUT2D eigenvalue weighted by Crippen LogP contribution is -2.38. The number of nitrogens with zero attached hydrogens (tertiary/aromatic N) is 2. The van der Waals surface area contributed by atoms with Gasteiger partial charge in [0.25, 0.3) is 5.91 Å². The highest BCUT2D eigenvalue weighted by Crippen LogP contribution is 2.32. The van der Waals surface area contributed by atoms with E-state index >= 15 is 0 Å². The summed E-state index contributed by atoms with van der Waals surface area (Å²) in [5.41, 5.74) is 2.93. The molecule has 37 heavy (non-hydrogen) atoms. The van der Waals surface area contributed by atoms with Crippen molar-refractivity contribution in [1.29, 1.82) is 0 Å². The van der Waals surface area contributed by atoms with Crippen LogP contribution in [0.5, 0.6) is 11.5 Å². The Kier molecular flexibility index (Phi) is 8.84. The van der Waals surface area contributed by atoms with Crippen LogP contribution < -0.4 is 14.4 Å². The third kappa shape index (κ3) is 6.57. The van der Waals surface area contributed by atoms with Crippen LogP contribution in [0.4, 0.5) is 5.69 Å². The monoisotopic (exact) mass is 508 g/mol. The molecule has 2 saturated heterocycles. The molecule has 2 aromatic rings. The van der Waals surface area contributed by atoms with Crippen LogP contribution in [0, 0.1) is 0 Å². The van der Waals surface area contributed by atoms with Crippen LogP contribution in [0.15, 0.2) is 42.5 Å². The lowest BCUT2D eigenvalue weighted by Gasteiger charge is -2.31. The molecule has 2 aliphatic heterocycles. The van der Waals surface area contributed by atoms with Gasteiger partial charge in [0, 0.05) is 43.5 Å². The molecule has 1 amide bonds. The van der Waals surface area contributed by atoms with Gasteiger partial charge in [-0.25, -0.2) is 0 Å². The van der Waals surface area contributed by atoms with E-state index in [-0.39, 0.29) is 18.1 Å². The second kappa shape index (κ2) is 12.7. The summed E-state index contributed by atoms with van der Waals surface area (Å²) in [5, 5.41) is 0. The molecule has 3 aliphatic rings. The number of methoxy groups -OCH3 is 1. The summed E-state index contributed by atoms with van der Waals surface area (Å²) in [6, 6.07) is 14.4. The summed E-state index contributed by atoms with van der Waals surface area (Å²) >= 11 is 0. The number of amides is 1. The predicted octanol–water partition coefficient (Wildman–Crippen LogP) is 5.06. The normalized spacial score (nSPS) is 20.6. The molecule has 200 valence electrons. The number of hydrogen-bond donors (Lipinski definition) is 0. The first-order valence-electron chi connectivity index (χ1n) is 13.9. The van der Waals surface area contributed by atoms with Crippen LogP contribution in [0.1, 0.15) is 60.9 Å². The Morgan fingerprint density at radius 2 is 1.70 bits per heavy atom. The van der Waals surface area contributed by atoms with Gasteiger partial charge in [-0.1, -0.05) is 18.9 Å². The van der Waals surface area contributed by atoms with Crippen molar-refractivity contribution < 1.29 is 23.7 Å². The van der Waals surface area contributed by atoms with E-state index in [0.717, 1.165) is 81.2 Å². The van der Waals surface area contributed by atoms with Crippen molar-refractivity contribution in [2.75, 3.05) is 51.5 Å². The van der Waals surface area contributed by atoms with Gasteiger partial charge in [-0.3, -0.25) is 4.79 Å². The standard InChI is InChI=1S/C30H40N2O5/c1-34-29-20-23(9-14-28(29)37-22-27-8-4-5-17-36-27)21-32(26-6-2-3-7-26)30(33)24-10-12-25(13-11-24)31-15-18-35-19-16-31/h9-14,20,26-27H,2-8,15-19,21-22H2,1H3. The van der Waals surface area contributed by atoms with Gasteiger partial charge >= 0.3 is 0 Å². The zero-order chi connectivity index (χ0) is 25.5. The summed E-state index contributed by atoms with van der Waals surface area (Å²) in [4.78, 5) is 18.1. The zero-order valence-corrected chi connectivity index (χ0v) is 22.0. The minimum Gasteiger partial charge on any atom is -0.493 e. The molecule has 0 aromatic heterocycles. The molecule has 3 fully saturated rings. The Bertz CT molecular complexity index is 1010. The van der Waals surface area contributed by atoms with Gasteiger partial charge < -0.3 is 28.7 Å². The first kappa shape index (κ1) is 25.9. The predicted molar refractivity (Wildman–Crippen MR) is 144 cm³/mol. The van der Waals surface area contributed by atoms with E-state index in [1.165, 1.54) is 19.3 Å². The molecular weight excluding hydrogens is 468 g/mol. The number of carbonyl (C=O) groups excluding carboxylic acids is 1. The Balaban J connectivity index is 1.28. The van der Waals surface area contributed by atoms with Gasteiger partial charge in [0.1, 0.15) is 6.61 Å². The highest BCUT2D eigenvalue weighted by molar-refractivity contribution is 5.94. The van der Waals surface area contributed by atoms with Crippen molar-refractivity contribution in [2.45, 2.75) is 63.6 Å². The van der Waals surface area contributed by atoms with Crippen molar-refractivity contribution in [1.82, 2.24) is 4.90 Å². The Morgan fingerprint density at radius 1 is 0.946 bits per heavy atom. The van der Waals surface area contributed by atoms with Crippen LogP contribution in [0.2, 0.25) is 0 Å². The fourth-order valence-corrected chi connectivity index (χ4v) is 5.63. The molecule has 7 heteroatoms. The maximum atomic E-state index is 13.7. The second-order valence-electron chi connectivity index (χ2n) is 10.3. The molecule has 2 heterocycles. The molecule has 1 unspecified atom stereocenters. The molecule has 1 aliphatic carbocycles. The van der Waals surface area contributed by atoms with Gasteiger partial charge in [0.2, 0.25) is 0 Å². The topological polar surface area (TPSA) is 60.5 Å². The average Bonchev–Trinajstić information content (AvgIpc) is 3.50. The fraction of sp³-hybridized carbons (Fsp3) is 0.567. The maximum Gasteiger partial charge on any atom is 0.254 e. The van der Waals surface area contributed by atoms with Crippen molar-refractivity contribution >= 4 is 11.6 Å². The van der Waals surface area contributed by atoms with Crippen LogP contribution in [0.3, 0.4) is 0 Å². The van der Waals surface area contributed by atoms with Crippen molar-refractivity contribution in [2.24, 2.45) is 0 Å². The molecule has 5 rings (SSSR count). The van der Waals surface area contributed by atoms with Crippen LogP contribution in [0.25, 0.3) is 0 Å².